The van der Waals surface area contributed by atoms with Gasteiger partial charge in [0.25, 0.3) is 0 Å². The van der Waals surface area contributed by atoms with Gasteiger partial charge in [-0.25, -0.2) is 0 Å². The second-order valence-electron chi connectivity index (χ2n) is 3.06. The molecule has 1 unspecified atom stereocenters. The van der Waals surface area contributed by atoms with Crippen molar-refractivity contribution >= 4 is 5.91 Å². The molecule has 0 aromatic carbocycles. The van der Waals surface area contributed by atoms with E-state index in [1.54, 1.807) is 13.2 Å². The molecule has 0 rings (SSSR count). The minimum Gasteiger partial charge on any atom is -0.385 e. The Balaban J connectivity index is 3.46. The number of carbonyl (C=O) groups excluding carboxylic acids is 1. The first-order valence-corrected chi connectivity index (χ1v) is 4.83. The second kappa shape index (κ2) is 8.72. The number of hydrogen-bond donors (Lipinski definition) is 2. The zero-order valence-electron chi connectivity index (χ0n) is 9.01. The molecule has 0 saturated carbocycles. The molecule has 0 aliphatic carbocycles. The average Bonchev–Trinajstić information content (AvgIpc) is 2.20. The highest BCUT2D eigenvalue weighted by molar-refractivity contribution is 5.81. The number of methoxy groups -OCH3 is 1. The Bertz CT molecular complexity index is 172. The first-order chi connectivity index (χ1) is 6.72. The third kappa shape index (κ3) is 6.62. The lowest BCUT2D eigenvalue weighted by molar-refractivity contribution is -0.122. The van der Waals surface area contributed by atoms with Gasteiger partial charge in [0, 0.05) is 20.3 Å². The summed E-state index contributed by atoms with van der Waals surface area (Å²) in [6.45, 7) is 7.39. The number of rotatable bonds is 8. The van der Waals surface area contributed by atoms with E-state index >= 15 is 0 Å². The third-order valence-corrected chi connectivity index (χ3v) is 1.79. The van der Waals surface area contributed by atoms with E-state index in [1.165, 1.54) is 0 Å². The predicted molar refractivity (Wildman–Crippen MR) is 57.2 cm³/mol. The number of ether oxygens (including phenoxy) is 1. The monoisotopic (exact) mass is 200 g/mol. The quantitative estimate of drug-likeness (QED) is 0.438. The predicted octanol–water partition coefficient (Wildman–Crippen LogP) is 0.303. The van der Waals surface area contributed by atoms with Crippen LogP contribution in [-0.2, 0) is 9.53 Å². The molecule has 0 saturated heterocycles. The van der Waals surface area contributed by atoms with Gasteiger partial charge in [-0.05, 0) is 19.9 Å². The zero-order chi connectivity index (χ0) is 10.8. The van der Waals surface area contributed by atoms with Crippen LogP contribution >= 0.6 is 0 Å². The van der Waals surface area contributed by atoms with Crippen LogP contribution in [0.25, 0.3) is 0 Å². The number of nitrogens with one attached hydrogen (secondary N) is 2. The fraction of sp³-hybridized carbons (Fsp3) is 0.700. The van der Waals surface area contributed by atoms with Crippen molar-refractivity contribution in [2.75, 3.05) is 26.8 Å². The molecular formula is C10H20N2O2. The Labute approximate surface area is 85.7 Å². The molecule has 1 atom stereocenters. The summed E-state index contributed by atoms with van der Waals surface area (Å²) in [5, 5.41) is 5.82. The average molecular weight is 200 g/mol. The molecule has 0 aliphatic rings. The minimum atomic E-state index is -0.160. The lowest BCUT2D eigenvalue weighted by Crippen LogP contribution is -2.42. The number of amides is 1. The Morgan fingerprint density at radius 1 is 1.64 bits per heavy atom. The standard InChI is InChI=1S/C10H20N2O2/c1-4-6-12-10(13)9(2)11-7-5-8-14-3/h4,9,11H,1,5-8H2,2-3H3,(H,12,13). The van der Waals surface area contributed by atoms with E-state index in [9.17, 15) is 4.79 Å². The largest absolute Gasteiger partial charge is 0.385 e. The summed E-state index contributed by atoms with van der Waals surface area (Å²) in [6.07, 6.45) is 2.57. The van der Waals surface area contributed by atoms with Crippen molar-refractivity contribution in [1.29, 1.82) is 0 Å². The van der Waals surface area contributed by atoms with E-state index in [1.807, 2.05) is 6.92 Å². The molecule has 14 heavy (non-hydrogen) atoms. The minimum absolute atomic E-state index is 0.00215. The summed E-state index contributed by atoms with van der Waals surface area (Å²) in [5.74, 6) is 0.00215. The van der Waals surface area contributed by atoms with Crippen molar-refractivity contribution < 1.29 is 9.53 Å². The van der Waals surface area contributed by atoms with Crippen LogP contribution in [0.1, 0.15) is 13.3 Å². The first-order valence-electron chi connectivity index (χ1n) is 4.83. The van der Waals surface area contributed by atoms with E-state index in [4.69, 9.17) is 4.74 Å². The lowest BCUT2D eigenvalue weighted by atomic mass is 10.3. The Hall–Kier alpha value is -0.870. The van der Waals surface area contributed by atoms with Gasteiger partial charge in [0.15, 0.2) is 0 Å². The highest BCUT2D eigenvalue weighted by Crippen LogP contribution is 1.84. The fourth-order valence-corrected chi connectivity index (χ4v) is 0.954. The number of carbonyl (C=O) groups is 1. The summed E-state index contributed by atoms with van der Waals surface area (Å²) in [7, 11) is 1.67. The van der Waals surface area contributed by atoms with Gasteiger partial charge < -0.3 is 15.4 Å². The summed E-state index contributed by atoms with van der Waals surface area (Å²) < 4.78 is 4.90. The maximum absolute atomic E-state index is 11.3. The van der Waals surface area contributed by atoms with Crippen LogP contribution in [0, 0.1) is 0 Å². The molecule has 0 spiro atoms. The van der Waals surface area contributed by atoms with Crippen molar-refractivity contribution in [3.8, 4) is 0 Å². The molecule has 4 heteroatoms. The van der Waals surface area contributed by atoms with Crippen LogP contribution in [0.15, 0.2) is 12.7 Å². The highest BCUT2D eigenvalue weighted by atomic mass is 16.5. The van der Waals surface area contributed by atoms with Gasteiger partial charge in [-0.2, -0.15) is 0 Å². The van der Waals surface area contributed by atoms with Gasteiger partial charge in [-0.15, -0.1) is 6.58 Å². The van der Waals surface area contributed by atoms with E-state index in [2.05, 4.69) is 17.2 Å². The van der Waals surface area contributed by atoms with Gasteiger partial charge >= 0.3 is 0 Å². The van der Waals surface area contributed by atoms with Crippen molar-refractivity contribution in [3.05, 3.63) is 12.7 Å². The molecule has 1 amide bonds. The van der Waals surface area contributed by atoms with Crippen LogP contribution in [0.5, 0.6) is 0 Å². The Morgan fingerprint density at radius 2 is 2.36 bits per heavy atom. The van der Waals surface area contributed by atoms with Crippen molar-refractivity contribution in [2.45, 2.75) is 19.4 Å². The molecular weight excluding hydrogens is 180 g/mol. The molecule has 2 N–H and O–H groups in total. The molecule has 0 aromatic rings. The summed E-state index contributed by atoms with van der Waals surface area (Å²) in [4.78, 5) is 11.3. The molecule has 82 valence electrons. The van der Waals surface area contributed by atoms with Crippen LogP contribution in [0.3, 0.4) is 0 Å². The second-order valence-corrected chi connectivity index (χ2v) is 3.06. The van der Waals surface area contributed by atoms with E-state index < -0.39 is 0 Å². The Kier molecular flexibility index (Phi) is 8.17. The fourth-order valence-electron chi connectivity index (χ4n) is 0.954. The normalized spacial score (nSPS) is 12.1. The summed E-state index contributed by atoms with van der Waals surface area (Å²) in [5.41, 5.74) is 0. The maximum Gasteiger partial charge on any atom is 0.237 e. The van der Waals surface area contributed by atoms with Crippen LogP contribution in [0.2, 0.25) is 0 Å². The number of hydrogen-bond acceptors (Lipinski definition) is 3. The molecule has 0 bridgehead atoms. The van der Waals surface area contributed by atoms with Crippen molar-refractivity contribution in [3.63, 3.8) is 0 Å². The zero-order valence-corrected chi connectivity index (χ0v) is 9.01. The van der Waals surface area contributed by atoms with Crippen molar-refractivity contribution in [1.82, 2.24) is 10.6 Å². The molecule has 0 fully saturated rings. The van der Waals surface area contributed by atoms with Gasteiger partial charge in [-0.1, -0.05) is 6.08 Å². The maximum atomic E-state index is 11.3. The van der Waals surface area contributed by atoms with Gasteiger partial charge in [0.1, 0.15) is 0 Å². The summed E-state index contributed by atoms with van der Waals surface area (Å²) >= 11 is 0. The third-order valence-electron chi connectivity index (χ3n) is 1.79. The van der Waals surface area contributed by atoms with Gasteiger partial charge in [0.05, 0.1) is 6.04 Å². The molecule has 0 radical (unpaired) electrons. The van der Waals surface area contributed by atoms with Gasteiger partial charge in [0.2, 0.25) is 5.91 Å². The molecule has 0 aromatic heterocycles. The van der Waals surface area contributed by atoms with Crippen LogP contribution < -0.4 is 10.6 Å². The summed E-state index contributed by atoms with van der Waals surface area (Å²) in [6, 6.07) is -0.160. The first kappa shape index (κ1) is 13.1. The topological polar surface area (TPSA) is 50.4 Å². The van der Waals surface area contributed by atoms with E-state index in [0.29, 0.717) is 13.2 Å². The van der Waals surface area contributed by atoms with Crippen molar-refractivity contribution in [2.24, 2.45) is 0 Å². The smallest absolute Gasteiger partial charge is 0.237 e. The molecule has 0 heterocycles. The SMILES string of the molecule is C=CCNC(=O)C(C)NCCCOC. The van der Waals surface area contributed by atoms with E-state index in [-0.39, 0.29) is 11.9 Å². The lowest BCUT2D eigenvalue weighted by Gasteiger charge is -2.12. The highest BCUT2D eigenvalue weighted by Gasteiger charge is 2.09. The van der Waals surface area contributed by atoms with Gasteiger partial charge in [-0.3, -0.25) is 4.79 Å². The molecule has 0 aliphatic heterocycles. The Morgan fingerprint density at radius 3 is 2.93 bits per heavy atom. The molecule has 4 nitrogen and oxygen atoms in total. The van der Waals surface area contributed by atoms with Crippen LogP contribution in [0.4, 0.5) is 0 Å². The van der Waals surface area contributed by atoms with Crippen LogP contribution in [-0.4, -0.2) is 38.8 Å². The van der Waals surface area contributed by atoms with E-state index in [0.717, 1.165) is 13.0 Å².